The van der Waals surface area contributed by atoms with Crippen molar-refractivity contribution in [2.45, 2.75) is 4.90 Å². The lowest BCUT2D eigenvalue weighted by Gasteiger charge is -2.12. The number of benzene rings is 1. The van der Waals surface area contributed by atoms with Crippen LogP contribution in [0.5, 0.6) is 0 Å². The molecule has 13 heavy (non-hydrogen) atoms. The van der Waals surface area contributed by atoms with Gasteiger partial charge in [-0.2, -0.15) is 12.6 Å². The summed E-state index contributed by atoms with van der Waals surface area (Å²) < 4.78 is 0. The molecule has 0 unspecified atom stereocenters. The summed E-state index contributed by atoms with van der Waals surface area (Å²) in [6.07, 6.45) is 0. The van der Waals surface area contributed by atoms with Gasteiger partial charge in [0.15, 0.2) is 0 Å². The van der Waals surface area contributed by atoms with Crippen LogP contribution in [0.4, 0.5) is 5.69 Å². The number of hydrogen-bond donors (Lipinski definition) is 1. The quantitative estimate of drug-likeness (QED) is 0.605. The molecule has 0 amide bonds. The number of nitrogens with zero attached hydrogens (tertiary/aromatic N) is 1. The van der Waals surface area contributed by atoms with Crippen LogP contribution >= 0.6 is 24.4 Å². The van der Waals surface area contributed by atoms with Crippen molar-refractivity contribution in [3.8, 4) is 0 Å². The molecular formula is C10H15NS2. The summed E-state index contributed by atoms with van der Waals surface area (Å²) in [5.41, 5.74) is 1.25. The van der Waals surface area contributed by atoms with Gasteiger partial charge in [-0.05, 0) is 30.0 Å². The van der Waals surface area contributed by atoms with Gasteiger partial charge in [-0.15, -0.1) is 11.8 Å². The van der Waals surface area contributed by atoms with E-state index in [1.165, 1.54) is 10.6 Å². The van der Waals surface area contributed by atoms with E-state index < -0.39 is 0 Å². The van der Waals surface area contributed by atoms with Crippen LogP contribution in [0, 0.1) is 0 Å². The topological polar surface area (TPSA) is 3.24 Å². The van der Waals surface area contributed by atoms with E-state index in [0.29, 0.717) is 0 Å². The highest BCUT2D eigenvalue weighted by Crippen LogP contribution is 2.21. The molecule has 0 bridgehead atoms. The van der Waals surface area contributed by atoms with E-state index >= 15 is 0 Å². The monoisotopic (exact) mass is 213 g/mol. The first-order valence-electron chi connectivity index (χ1n) is 4.25. The Labute approximate surface area is 89.9 Å². The third-order valence-electron chi connectivity index (χ3n) is 1.71. The largest absolute Gasteiger partial charge is 0.378 e. The second-order valence-corrected chi connectivity index (χ2v) is 4.58. The van der Waals surface area contributed by atoms with E-state index in [4.69, 9.17) is 0 Å². The van der Waals surface area contributed by atoms with E-state index in [1.807, 2.05) is 11.8 Å². The second kappa shape index (κ2) is 5.45. The molecular weight excluding hydrogens is 198 g/mol. The van der Waals surface area contributed by atoms with Crippen LogP contribution in [0.25, 0.3) is 0 Å². The summed E-state index contributed by atoms with van der Waals surface area (Å²) in [7, 11) is 4.10. The number of hydrogen-bond acceptors (Lipinski definition) is 3. The summed E-state index contributed by atoms with van der Waals surface area (Å²) in [6.45, 7) is 0. The van der Waals surface area contributed by atoms with Crippen molar-refractivity contribution in [3.05, 3.63) is 24.3 Å². The fourth-order valence-corrected chi connectivity index (χ4v) is 1.93. The minimum Gasteiger partial charge on any atom is -0.378 e. The van der Waals surface area contributed by atoms with Crippen molar-refractivity contribution in [1.82, 2.24) is 0 Å². The molecule has 0 spiro atoms. The lowest BCUT2D eigenvalue weighted by atomic mass is 10.3. The molecule has 0 aliphatic heterocycles. The first-order valence-corrected chi connectivity index (χ1v) is 5.87. The van der Waals surface area contributed by atoms with Gasteiger partial charge in [-0.25, -0.2) is 0 Å². The van der Waals surface area contributed by atoms with E-state index in [-0.39, 0.29) is 0 Å². The summed E-state index contributed by atoms with van der Waals surface area (Å²) in [4.78, 5) is 3.42. The van der Waals surface area contributed by atoms with Gasteiger partial charge in [0.2, 0.25) is 0 Å². The molecule has 0 saturated carbocycles. The van der Waals surface area contributed by atoms with Crippen LogP contribution in [0.1, 0.15) is 0 Å². The molecule has 72 valence electrons. The average Bonchev–Trinajstić information content (AvgIpc) is 2.15. The van der Waals surface area contributed by atoms with Gasteiger partial charge in [0.1, 0.15) is 0 Å². The highest BCUT2D eigenvalue weighted by atomic mass is 32.2. The molecule has 0 saturated heterocycles. The third kappa shape index (κ3) is 3.53. The molecule has 0 aliphatic rings. The van der Waals surface area contributed by atoms with E-state index in [1.54, 1.807) is 0 Å². The summed E-state index contributed by atoms with van der Waals surface area (Å²) in [6, 6.07) is 8.59. The number of thiol groups is 1. The lowest BCUT2D eigenvalue weighted by molar-refractivity contribution is 1.13. The fraction of sp³-hybridized carbons (Fsp3) is 0.400. The van der Waals surface area contributed by atoms with Gasteiger partial charge in [0.05, 0.1) is 0 Å². The summed E-state index contributed by atoms with van der Waals surface area (Å²) in [5, 5.41) is 0. The van der Waals surface area contributed by atoms with Crippen LogP contribution < -0.4 is 4.90 Å². The van der Waals surface area contributed by atoms with Crippen molar-refractivity contribution < 1.29 is 0 Å². The molecule has 3 heteroatoms. The standard InChI is InChI=1S/C10H15NS2/c1-11(2)9-3-5-10(6-4-9)13-8-7-12/h3-6,12H,7-8H2,1-2H3. The zero-order valence-electron chi connectivity index (χ0n) is 8.03. The van der Waals surface area contributed by atoms with Crippen LogP contribution in [-0.2, 0) is 0 Å². The Hall–Kier alpha value is -0.280. The Balaban J connectivity index is 2.59. The van der Waals surface area contributed by atoms with Crippen molar-refractivity contribution in [1.29, 1.82) is 0 Å². The predicted molar refractivity (Wildman–Crippen MR) is 65.3 cm³/mol. The molecule has 1 nitrogen and oxygen atoms in total. The molecule has 0 N–H and O–H groups in total. The maximum Gasteiger partial charge on any atom is 0.0361 e. The molecule has 0 radical (unpaired) electrons. The minimum absolute atomic E-state index is 0.931. The summed E-state index contributed by atoms with van der Waals surface area (Å²) >= 11 is 6.02. The van der Waals surface area contributed by atoms with Crippen molar-refractivity contribution in [3.63, 3.8) is 0 Å². The van der Waals surface area contributed by atoms with Crippen LogP contribution in [-0.4, -0.2) is 25.6 Å². The van der Waals surface area contributed by atoms with Gasteiger partial charge >= 0.3 is 0 Å². The zero-order chi connectivity index (χ0) is 9.68. The number of rotatable bonds is 4. The van der Waals surface area contributed by atoms with Gasteiger partial charge in [0, 0.05) is 30.4 Å². The molecule has 0 heterocycles. The maximum absolute atomic E-state index is 4.17. The zero-order valence-corrected chi connectivity index (χ0v) is 9.74. The average molecular weight is 213 g/mol. The van der Waals surface area contributed by atoms with E-state index in [2.05, 4.69) is 55.9 Å². The number of thioether (sulfide) groups is 1. The fourth-order valence-electron chi connectivity index (χ4n) is 1.00. The van der Waals surface area contributed by atoms with E-state index in [9.17, 15) is 0 Å². The van der Waals surface area contributed by atoms with Crippen LogP contribution in [0.3, 0.4) is 0 Å². The van der Waals surface area contributed by atoms with Gasteiger partial charge in [0.25, 0.3) is 0 Å². The molecule has 0 fully saturated rings. The lowest BCUT2D eigenvalue weighted by Crippen LogP contribution is -2.07. The number of anilines is 1. The minimum atomic E-state index is 0.931. The summed E-state index contributed by atoms with van der Waals surface area (Å²) in [5.74, 6) is 2.00. The Morgan fingerprint density at radius 3 is 2.31 bits per heavy atom. The normalized spacial score (nSPS) is 10.1. The highest BCUT2D eigenvalue weighted by molar-refractivity contribution is 8.00. The maximum atomic E-state index is 4.17. The van der Waals surface area contributed by atoms with Crippen molar-refractivity contribution >= 4 is 30.1 Å². The second-order valence-electron chi connectivity index (χ2n) is 2.96. The van der Waals surface area contributed by atoms with Crippen LogP contribution in [0.15, 0.2) is 29.2 Å². The van der Waals surface area contributed by atoms with Gasteiger partial charge < -0.3 is 4.90 Å². The van der Waals surface area contributed by atoms with Crippen molar-refractivity contribution in [2.75, 3.05) is 30.5 Å². The molecule has 1 aromatic rings. The Morgan fingerprint density at radius 2 is 1.85 bits per heavy atom. The Morgan fingerprint density at radius 1 is 1.23 bits per heavy atom. The molecule has 1 aromatic carbocycles. The molecule has 1 rings (SSSR count). The van der Waals surface area contributed by atoms with Gasteiger partial charge in [-0.3, -0.25) is 0 Å². The predicted octanol–water partition coefficient (Wildman–Crippen LogP) is 2.77. The van der Waals surface area contributed by atoms with Crippen molar-refractivity contribution in [2.24, 2.45) is 0 Å². The first-order chi connectivity index (χ1) is 6.24. The van der Waals surface area contributed by atoms with Crippen LogP contribution in [0.2, 0.25) is 0 Å². The Bertz CT molecular complexity index is 244. The molecule has 0 atom stereocenters. The van der Waals surface area contributed by atoms with Gasteiger partial charge in [-0.1, -0.05) is 0 Å². The smallest absolute Gasteiger partial charge is 0.0361 e. The Kier molecular flexibility index (Phi) is 4.53. The first kappa shape index (κ1) is 10.8. The highest BCUT2D eigenvalue weighted by Gasteiger charge is 1.95. The SMILES string of the molecule is CN(C)c1ccc(SCCS)cc1. The third-order valence-corrected chi connectivity index (χ3v) is 3.25. The molecule has 0 aromatic heterocycles. The molecule has 0 aliphatic carbocycles. The van der Waals surface area contributed by atoms with E-state index in [0.717, 1.165) is 11.5 Å².